The van der Waals surface area contributed by atoms with E-state index in [1.54, 1.807) is 0 Å². The first-order valence-electron chi connectivity index (χ1n) is 6.52. The summed E-state index contributed by atoms with van der Waals surface area (Å²) in [5.74, 6) is 1.16. The number of rotatable bonds is 8. The molecule has 1 aromatic heterocycles. The lowest BCUT2D eigenvalue weighted by Gasteiger charge is -2.23. The molecular weight excluding hydrogens is 242 g/mol. The summed E-state index contributed by atoms with van der Waals surface area (Å²) in [5.41, 5.74) is 2.28. The van der Waals surface area contributed by atoms with Gasteiger partial charge in [0.15, 0.2) is 0 Å². The van der Waals surface area contributed by atoms with Crippen molar-refractivity contribution in [1.82, 2.24) is 15.2 Å². The predicted octanol–water partition coefficient (Wildman–Crippen LogP) is 2.37. The first-order valence-corrected chi connectivity index (χ1v) is 7.91. The summed E-state index contributed by atoms with van der Waals surface area (Å²) >= 11 is 1.89. The number of pyridine rings is 1. The zero-order valence-corrected chi connectivity index (χ0v) is 12.8. The Hall–Kier alpha value is -0.580. The first-order chi connectivity index (χ1) is 8.67. The van der Waals surface area contributed by atoms with Gasteiger partial charge in [-0.1, -0.05) is 13.0 Å². The summed E-state index contributed by atoms with van der Waals surface area (Å²) in [6.45, 7) is 7.13. The fourth-order valence-electron chi connectivity index (χ4n) is 1.75. The second-order valence-electron chi connectivity index (χ2n) is 4.62. The van der Waals surface area contributed by atoms with Crippen LogP contribution >= 0.6 is 11.8 Å². The van der Waals surface area contributed by atoms with Gasteiger partial charge in [-0.3, -0.25) is 9.88 Å². The van der Waals surface area contributed by atoms with Crippen LogP contribution in [0.25, 0.3) is 0 Å². The maximum Gasteiger partial charge on any atom is 0.0547 e. The highest BCUT2D eigenvalue weighted by molar-refractivity contribution is 7.98. The molecule has 0 aliphatic rings. The average molecular weight is 267 g/mol. The fourth-order valence-corrected chi connectivity index (χ4v) is 2.49. The van der Waals surface area contributed by atoms with Crippen LogP contribution in [0.5, 0.6) is 0 Å². The molecule has 1 aromatic rings. The third-order valence-electron chi connectivity index (χ3n) is 2.99. The van der Waals surface area contributed by atoms with E-state index in [4.69, 9.17) is 0 Å². The highest BCUT2D eigenvalue weighted by Gasteiger charge is 2.09. The Kier molecular flexibility index (Phi) is 7.32. The van der Waals surface area contributed by atoms with Crippen molar-refractivity contribution in [2.24, 2.45) is 0 Å². The van der Waals surface area contributed by atoms with Crippen molar-refractivity contribution >= 4 is 11.8 Å². The van der Waals surface area contributed by atoms with Gasteiger partial charge < -0.3 is 5.32 Å². The zero-order valence-electron chi connectivity index (χ0n) is 11.9. The lowest BCUT2D eigenvalue weighted by molar-refractivity contribution is 0.266. The number of hydrogen-bond acceptors (Lipinski definition) is 4. The molecule has 0 saturated heterocycles. The van der Waals surface area contributed by atoms with Crippen molar-refractivity contribution in [3.8, 4) is 0 Å². The van der Waals surface area contributed by atoms with Crippen LogP contribution in [-0.4, -0.2) is 41.5 Å². The first kappa shape index (κ1) is 15.5. The molecule has 0 aliphatic heterocycles. The monoisotopic (exact) mass is 267 g/mol. The van der Waals surface area contributed by atoms with Gasteiger partial charge in [-0.05, 0) is 38.9 Å². The minimum Gasteiger partial charge on any atom is -0.311 e. The molecule has 1 rings (SSSR count). The van der Waals surface area contributed by atoms with E-state index in [0.29, 0.717) is 6.04 Å². The second-order valence-corrected chi connectivity index (χ2v) is 5.53. The van der Waals surface area contributed by atoms with E-state index in [0.717, 1.165) is 36.8 Å². The van der Waals surface area contributed by atoms with Crippen molar-refractivity contribution in [2.45, 2.75) is 33.0 Å². The smallest absolute Gasteiger partial charge is 0.0547 e. The van der Waals surface area contributed by atoms with Gasteiger partial charge in [0, 0.05) is 24.9 Å². The zero-order chi connectivity index (χ0) is 13.4. The van der Waals surface area contributed by atoms with Crippen LogP contribution < -0.4 is 5.32 Å². The highest BCUT2D eigenvalue weighted by Crippen LogP contribution is 2.08. The van der Waals surface area contributed by atoms with E-state index < -0.39 is 0 Å². The SMILES string of the molecule is CCNCc1cccc(CN(C)C(C)CSC)n1. The summed E-state index contributed by atoms with van der Waals surface area (Å²) in [6, 6.07) is 6.87. The largest absolute Gasteiger partial charge is 0.311 e. The van der Waals surface area contributed by atoms with Crippen LogP contribution in [0.2, 0.25) is 0 Å². The maximum atomic E-state index is 4.68. The average Bonchev–Trinajstić information content (AvgIpc) is 2.37. The minimum atomic E-state index is 0.583. The van der Waals surface area contributed by atoms with Crippen LogP contribution in [0.3, 0.4) is 0 Å². The summed E-state index contributed by atoms with van der Waals surface area (Å²) in [4.78, 5) is 7.04. The van der Waals surface area contributed by atoms with E-state index in [2.05, 4.69) is 60.6 Å². The standard InChI is InChI=1S/C14H25N3S/c1-5-15-9-13-7-6-8-14(16-13)10-17(3)12(2)11-18-4/h6-8,12,15H,5,9-11H2,1-4H3. The van der Waals surface area contributed by atoms with Gasteiger partial charge in [0.2, 0.25) is 0 Å². The Bertz CT molecular complexity index is 344. The molecule has 4 heteroatoms. The lowest BCUT2D eigenvalue weighted by atomic mass is 10.2. The van der Waals surface area contributed by atoms with Crippen molar-refractivity contribution in [3.05, 3.63) is 29.6 Å². The van der Waals surface area contributed by atoms with E-state index in [9.17, 15) is 0 Å². The Balaban J connectivity index is 2.55. The lowest BCUT2D eigenvalue weighted by Crippen LogP contribution is -2.30. The van der Waals surface area contributed by atoms with E-state index in [-0.39, 0.29) is 0 Å². The Labute approximate surface area is 115 Å². The quantitative estimate of drug-likeness (QED) is 0.783. The van der Waals surface area contributed by atoms with Gasteiger partial charge in [-0.15, -0.1) is 0 Å². The van der Waals surface area contributed by atoms with E-state index in [1.165, 1.54) is 0 Å². The molecule has 0 saturated carbocycles. The highest BCUT2D eigenvalue weighted by atomic mass is 32.2. The summed E-state index contributed by atoms with van der Waals surface area (Å²) in [6.07, 6.45) is 2.15. The molecule has 0 amide bonds. The molecule has 18 heavy (non-hydrogen) atoms. The number of nitrogens with one attached hydrogen (secondary N) is 1. The normalized spacial score (nSPS) is 12.9. The second kappa shape index (κ2) is 8.51. The molecule has 102 valence electrons. The molecule has 0 fully saturated rings. The van der Waals surface area contributed by atoms with Crippen LogP contribution in [-0.2, 0) is 13.1 Å². The van der Waals surface area contributed by atoms with E-state index >= 15 is 0 Å². The third-order valence-corrected chi connectivity index (χ3v) is 3.81. The van der Waals surface area contributed by atoms with Crippen molar-refractivity contribution in [2.75, 3.05) is 25.6 Å². The Morgan fingerprint density at radius 3 is 2.78 bits per heavy atom. The number of hydrogen-bond donors (Lipinski definition) is 1. The fraction of sp³-hybridized carbons (Fsp3) is 0.643. The van der Waals surface area contributed by atoms with Gasteiger partial charge in [0.25, 0.3) is 0 Å². The molecule has 1 heterocycles. The van der Waals surface area contributed by atoms with Crippen LogP contribution in [0.4, 0.5) is 0 Å². The topological polar surface area (TPSA) is 28.2 Å². The molecule has 0 radical (unpaired) electrons. The molecule has 0 aromatic carbocycles. The van der Waals surface area contributed by atoms with Gasteiger partial charge in [0.1, 0.15) is 0 Å². The maximum absolute atomic E-state index is 4.68. The molecule has 1 N–H and O–H groups in total. The summed E-state index contributed by atoms with van der Waals surface area (Å²) in [7, 11) is 2.17. The number of nitrogens with zero attached hydrogens (tertiary/aromatic N) is 2. The van der Waals surface area contributed by atoms with Crippen LogP contribution in [0.15, 0.2) is 18.2 Å². The van der Waals surface area contributed by atoms with Gasteiger partial charge in [-0.25, -0.2) is 0 Å². The number of thioether (sulfide) groups is 1. The summed E-state index contributed by atoms with van der Waals surface area (Å²) < 4.78 is 0. The Morgan fingerprint density at radius 2 is 2.11 bits per heavy atom. The van der Waals surface area contributed by atoms with Crippen LogP contribution in [0.1, 0.15) is 25.2 Å². The third kappa shape index (κ3) is 5.38. The van der Waals surface area contributed by atoms with Crippen molar-refractivity contribution < 1.29 is 0 Å². The molecule has 3 nitrogen and oxygen atoms in total. The number of aromatic nitrogens is 1. The van der Waals surface area contributed by atoms with Crippen molar-refractivity contribution in [3.63, 3.8) is 0 Å². The van der Waals surface area contributed by atoms with Gasteiger partial charge >= 0.3 is 0 Å². The van der Waals surface area contributed by atoms with Gasteiger partial charge in [0.05, 0.1) is 11.4 Å². The molecule has 0 spiro atoms. The van der Waals surface area contributed by atoms with E-state index in [1.807, 2.05) is 11.8 Å². The predicted molar refractivity (Wildman–Crippen MR) is 80.9 cm³/mol. The van der Waals surface area contributed by atoms with Crippen molar-refractivity contribution in [1.29, 1.82) is 0 Å². The minimum absolute atomic E-state index is 0.583. The molecule has 0 bridgehead atoms. The Morgan fingerprint density at radius 1 is 1.39 bits per heavy atom. The molecule has 0 aliphatic carbocycles. The van der Waals surface area contributed by atoms with Gasteiger partial charge in [-0.2, -0.15) is 11.8 Å². The molecular formula is C14H25N3S. The summed E-state index contributed by atoms with van der Waals surface area (Å²) in [5, 5.41) is 3.31. The molecule has 1 unspecified atom stereocenters. The van der Waals surface area contributed by atoms with Crippen LogP contribution in [0, 0.1) is 0 Å². The molecule has 1 atom stereocenters.